The summed E-state index contributed by atoms with van der Waals surface area (Å²) in [7, 11) is 1.63. The summed E-state index contributed by atoms with van der Waals surface area (Å²) in [5.74, 6) is 1.25. The molecule has 0 aliphatic heterocycles. The van der Waals surface area contributed by atoms with E-state index >= 15 is 0 Å². The van der Waals surface area contributed by atoms with Gasteiger partial charge >= 0.3 is 0 Å². The van der Waals surface area contributed by atoms with Crippen LogP contribution in [0.3, 0.4) is 0 Å². The zero-order chi connectivity index (χ0) is 18.2. The van der Waals surface area contributed by atoms with Gasteiger partial charge in [-0.05, 0) is 43.5 Å². The Morgan fingerprint density at radius 2 is 1.68 bits per heavy atom. The molecule has 0 saturated heterocycles. The number of rotatable bonds is 6. The third-order valence-electron chi connectivity index (χ3n) is 3.61. The minimum absolute atomic E-state index is 0.343. The van der Waals surface area contributed by atoms with Crippen LogP contribution in [0, 0.1) is 5.41 Å². The van der Waals surface area contributed by atoms with E-state index in [0.717, 1.165) is 16.7 Å². The third kappa shape index (κ3) is 5.53. The van der Waals surface area contributed by atoms with Crippen molar-refractivity contribution in [3.05, 3.63) is 70.8 Å². The van der Waals surface area contributed by atoms with Crippen LogP contribution in [0.25, 0.3) is 12.2 Å². The van der Waals surface area contributed by atoms with Crippen LogP contribution in [0.4, 0.5) is 0 Å². The van der Waals surface area contributed by atoms with Gasteiger partial charge in [0.25, 0.3) is 6.02 Å². The van der Waals surface area contributed by atoms with Crippen molar-refractivity contribution >= 4 is 18.2 Å². The summed E-state index contributed by atoms with van der Waals surface area (Å²) in [5.41, 5.74) is 9.53. The number of hydrogen-bond donors (Lipinski definition) is 2. The molecule has 2 aromatic carbocycles. The first-order valence-corrected chi connectivity index (χ1v) is 8.09. The van der Waals surface area contributed by atoms with Gasteiger partial charge in [0.1, 0.15) is 11.5 Å². The van der Waals surface area contributed by atoms with Gasteiger partial charge in [-0.3, -0.25) is 5.41 Å². The Kier molecular flexibility index (Phi) is 6.40. The van der Waals surface area contributed by atoms with Gasteiger partial charge < -0.3 is 15.2 Å². The van der Waals surface area contributed by atoms with Gasteiger partial charge in [-0.2, -0.15) is 0 Å². The topological polar surface area (TPSA) is 68.3 Å². The number of amidine groups is 1. The van der Waals surface area contributed by atoms with Gasteiger partial charge in [0.15, 0.2) is 0 Å². The molecule has 0 unspecified atom stereocenters. The van der Waals surface area contributed by atoms with E-state index in [1.165, 1.54) is 5.57 Å². The van der Waals surface area contributed by atoms with Crippen molar-refractivity contribution in [3.63, 3.8) is 0 Å². The summed E-state index contributed by atoms with van der Waals surface area (Å²) in [4.78, 5) is 0. The van der Waals surface area contributed by atoms with Crippen molar-refractivity contribution in [1.29, 1.82) is 5.41 Å². The fourth-order valence-electron chi connectivity index (χ4n) is 2.39. The molecule has 2 aromatic rings. The predicted octanol–water partition coefficient (Wildman–Crippen LogP) is 4.65. The van der Waals surface area contributed by atoms with E-state index in [1.807, 2.05) is 68.5 Å². The molecular formula is C21H24N2O2. The van der Waals surface area contributed by atoms with E-state index in [0.29, 0.717) is 17.9 Å². The second-order valence-corrected chi connectivity index (χ2v) is 5.90. The molecule has 0 spiro atoms. The lowest BCUT2D eigenvalue weighted by molar-refractivity contribution is 0.406. The maximum atomic E-state index is 7.46. The van der Waals surface area contributed by atoms with Crippen LogP contribution in [-0.2, 0) is 6.42 Å². The fourth-order valence-corrected chi connectivity index (χ4v) is 2.39. The van der Waals surface area contributed by atoms with Crippen molar-refractivity contribution in [1.82, 2.24) is 0 Å². The Hall–Kier alpha value is -3.01. The molecule has 0 amide bonds. The lowest BCUT2D eigenvalue weighted by atomic mass is 10.0. The molecule has 0 aliphatic rings. The number of ether oxygens (including phenoxy) is 2. The van der Waals surface area contributed by atoms with Crippen LogP contribution in [0.5, 0.6) is 11.5 Å². The molecule has 0 fully saturated rings. The number of methoxy groups -OCH3 is 1. The van der Waals surface area contributed by atoms with E-state index in [4.69, 9.17) is 20.6 Å². The van der Waals surface area contributed by atoms with Crippen molar-refractivity contribution in [2.24, 2.45) is 5.73 Å². The zero-order valence-electron chi connectivity index (χ0n) is 14.9. The molecule has 0 heterocycles. The smallest absolute Gasteiger partial charge is 0.284 e. The van der Waals surface area contributed by atoms with Crippen molar-refractivity contribution in [2.75, 3.05) is 7.11 Å². The van der Waals surface area contributed by atoms with Gasteiger partial charge in [0.2, 0.25) is 0 Å². The first-order chi connectivity index (χ1) is 12.0. The molecule has 3 N–H and O–H groups in total. The highest BCUT2D eigenvalue weighted by atomic mass is 16.5. The van der Waals surface area contributed by atoms with Crippen LogP contribution in [0.2, 0.25) is 0 Å². The molecule has 0 aliphatic carbocycles. The maximum absolute atomic E-state index is 7.46. The van der Waals surface area contributed by atoms with Crippen molar-refractivity contribution in [2.45, 2.75) is 20.3 Å². The number of hydrogen-bond acceptors (Lipinski definition) is 3. The third-order valence-corrected chi connectivity index (χ3v) is 3.61. The van der Waals surface area contributed by atoms with Gasteiger partial charge in [-0.25, -0.2) is 0 Å². The quantitative estimate of drug-likeness (QED) is 0.349. The molecule has 2 rings (SSSR count). The Morgan fingerprint density at radius 3 is 2.28 bits per heavy atom. The Morgan fingerprint density at radius 1 is 1.04 bits per heavy atom. The van der Waals surface area contributed by atoms with Crippen LogP contribution >= 0.6 is 0 Å². The predicted molar refractivity (Wildman–Crippen MR) is 104 cm³/mol. The molecule has 130 valence electrons. The summed E-state index contributed by atoms with van der Waals surface area (Å²) in [5, 5.41) is 7.46. The Labute approximate surface area is 149 Å². The molecule has 4 heteroatoms. The molecule has 0 saturated carbocycles. The highest BCUT2D eigenvalue weighted by Gasteiger charge is 2.13. The van der Waals surface area contributed by atoms with E-state index in [9.17, 15) is 0 Å². The average molecular weight is 336 g/mol. The van der Waals surface area contributed by atoms with E-state index in [1.54, 1.807) is 7.11 Å². The monoisotopic (exact) mass is 336 g/mol. The molecule has 0 aromatic heterocycles. The summed E-state index contributed by atoms with van der Waals surface area (Å²) in [6.07, 6.45) is 6.73. The fraction of sp³-hybridized carbons (Fsp3) is 0.190. The van der Waals surface area contributed by atoms with Crippen LogP contribution < -0.4 is 15.2 Å². The van der Waals surface area contributed by atoms with E-state index in [-0.39, 0.29) is 6.02 Å². The first kappa shape index (κ1) is 18.3. The molecule has 0 radical (unpaired) electrons. The van der Waals surface area contributed by atoms with Crippen molar-refractivity contribution < 1.29 is 9.47 Å². The van der Waals surface area contributed by atoms with Gasteiger partial charge in [-0.1, -0.05) is 54.1 Å². The summed E-state index contributed by atoms with van der Waals surface area (Å²) in [6.45, 7) is 4.07. The minimum atomic E-state index is -0.343. The van der Waals surface area contributed by atoms with Crippen molar-refractivity contribution in [3.8, 4) is 11.5 Å². The minimum Gasteiger partial charge on any atom is -0.496 e. The highest BCUT2D eigenvalue weighted by Crippen LogP contribution is 2.32. The zero-order valence-corrected chi connectivity index (χ0v) is 14.9. The SMILES string of the molecule is COc1cc(C=Cc2ccccc2)cc(OC(=N)N)c1CC=C(C)C. The summed E-state index contributed by atoms with van der Waals surface area (Å²) >= 11 is 0. The molecule has 0 bridgehead atoms. The summed E-state index contributed by atoms with van der Waals surface area (Å²) < 4.78 is 11.0. The molecular weight excluding hydrogens is 312 g/mol. The Bertz CT molecular complexity index is 789. The normalized spacial score (nSPS) is 10.5. The van der Waals surface area contributed by atoms with Crippen LogP contribution in [-0.4, -0.2) is 13.1 Å². The molecule has 0 atom stereocenters. The first-order valence-electron chi connectivity index (χ1n) is 8.09. The molecule has 25 heavy (non-hydrogen) atoms. The largest absolute Gasteiger partial charge is 0.496 e. The van der Waals surface area contributed by atoms with E-state index in [2.05, 4.69) is 6.08 Å². The van der Waals surface area contributed by atoms with Crippen LogP contribution in [0.15, 0.2) is 54.1 Å². The number of nitrogens with one attached hydrogen (secondary N) is 1. The van der Waals surface area contributed by atoms with E-state index < -0.39 is 0 Å². The van der Waals surface area contributed by atoms with Gasteiger partial charge in [0, 0.05) is 5.56 Å². The molecule has 4 nitrogen and oxygen atoms in total. The highest BCUT2D eigenvalue weighted by molar-refractivity contribution is 5.75. The lowest BCUT2D eigenvalue weighted by Gasteiger charge is -2.14. The lowest BCUT2D eigenvalue weighted by Crippen LogP contribution is -2.18. The van der Waals surface area contributed by atoms with Crippen LogP contribution in [0.1, 0.15) is 30.5 Å². The average Bonchev–Trinajstić information content (AvgIpc) is 2.58. The second-order valence-electron chi connectivity index (χ2n) is 5.90. The number of allylic oxidation sites excluding steroid dienone is 2. The number of benzene rings is 2. The maximum Gasteiger partial charge on any atom is 0.284 e. The summed E-state index contributed by atoms with van der Waals surface area (Å²) in [6, 6.07) is 13.5. The second kappa shape index (κ2) is 8.73. The van der Waals surface area contributed by atoms with Gasteiger partial charge in [0.05, 0.1) is 7.11 Å². The van der Waals surface area contributed by atoms with Gasteiger partial charge in [-0.15, -0.1) is 0 Å². The Balaban J connectivity index is 2.43. The standard InChI is InChI=1S/C21H24N2O2/c1-15(2)9-12-18-19(24-3)13-17(14-20(18)25-21(22)23)11-10-16-7-5-4-6-8-16/h4-11,13-14H,12H2,1-3H3,(H3,22,23). The number of nitrogens with two attached hydrogens (primary N) is 1.